The van der Waals surface area contributed by atoms with Crippen LogP contribution < -0.4 is 5.32 Å². The van der Waals surface area contributed by atoms with Crippen molar-refractivity contribution in [3.63, 3.8) is 0 Å². The first-order valence-electron chi connectivity index (χ1n) is 8.86. The number of carbonyl (C=O) groups is 2. The molecule has 0 radical (unpaired) electrons. The van der Waals surface area contributed by atoms with E-state index in [9.17, 15) is 14.7 Å². The third-order valence-corrected chi connectivity index (χ3v) is 5.37. The van der Waals surface area contributed by atoms with E-state index in [4.69, 9.17) is 4.74 Å². The van der Waals surface area contributed by atoms with Crippen LogP contribution >= 0.6 is 0 Å². The summed E-state index contributed by atoms with van der Waals surface area (Å²) in [7, 11) is 1.51. The van der Waals surface area contributed by atoms with Crippen molar-refractivity contribution in [3.8, 4) is 0 Å². The highest BCUT2D eigenvalue weighted by molar-refractivity contribution is 5.90. The van der Waals surface area contributed by atoms with Gasteiger partial charge >= 0.3 is 0 Å². The Balaban J connectivity index is 1.49. The van der Waals surface area contributed by atoms with E-state index in [1.807, 2.05) is 0 Å². The SMILES string of the molecule is COCC(=O)N1CC2CN(CCC(=O)Nc3cccnc3)CC2(CO)C1. The number of pyridine rings is 1. The number of aliphatic hydroxyl groups excluding tert-OH is 1. The Kier molecular flexibility index (Phi) is 5.85. The van der Waals surface area contributed by atoms with Crippen molar-refractivity contribution in [2.75, 3.05) is 58.4 Å². The number of carbonyl (C=O) groups excluding carboxylic acids is 2. The van der Waals surface area contributed by atoms with Crippen molar-refractivity contribution in [1.29, 1.82) is 0 Å². The third kappa shape index (κ3) is 4.03. The van der Waals surface area contributed by atoms with Crippen LogP contribution in [0.25, 0.3) is 0 Å². The molecule has 26 heavy (non-hydrogen) atoms. The van der Waals surface area contributed by atoms with Crippen molar-refractivity contribution >= 4 is 17.5 Å². The molecule has 2 unspecified atom stereocenters. The number of hydrogen-bond donors (Lipinski definition) is 2. The normalized spacial score (nSPS) is 25.3. The average molecular weight is 362 g/mol. The maximum atomic E-state index is 12.1. The van der Waals surface area contributed by atoms with E-state index in [1.165, 1.54) is 7.11 Å². The van der Waals surface area contributed by atoms with Gasteiger partial charge in [-0.25, -0.2) is 0 Å². The maximum absolute atomic E-state index is 12.1. The minimum absolute atomic E-state index is 0.0304. The molecule has 2 atom stereocenters. The summed E-state index contributed by atoms with van der Waals surface area (Å²) in [6.07, 6.45) is 3.66. The van der Waals surface area contributed by atoms with Gasteiger partial charge in [0.1, 0.15) is 6.61 Å². The Labute approximate surface area is 153 Å². The van der Waals surface area contributed by atoms with E-state index in [-0.39, 0.29) is 36.4 Å². The number of amides is 2. The second-order valence-corrected chi connectivity index (χ2v) is 7.20. The predicted octanol–water partition coefficient (Wildman–Crippen LogP) is -0.191. The number of aromatic nitrogens is 1. The van der Waals surface area contributed by atoms with E-state index in [0.29, 0.717) is 38.3 Å². The molecule has 2 N–H and O–H groups in total. The summed E-state index contributed by atoms with van der Waals surface area (Å²) < 4.78 is 4.93. The molecule has 2 amide bonds. The number of nitrogens with zero attached hydrogens (tertiary/aromatic N) is 3. The van der Waals surface area contributed by atoms with E-state index >= 15 is 0 Å². The molecule has 3 heterocycles. The lowest BCUT2D eigenvalue weighted by molar-refractivity contribution is -0.134. The van der Waals surface area contributed by atoms with Gasteiger partial charge in [0, 0.05) is 57.9 Å². The predicted molar refractivity (Wildman–Crippen MR) is 95.4 cm³/mol. The molecule has 8 nitrogen and oxygen atoms in total. The minimum Gasteiger partial charge on any atom is -0.396 e. The zero-order chi connectivity index (χ0) is 18.6. The number of rotatable bonds is 7. The maximum Gasteiger partial charge on any atom is 0.248 e. The van der Waals surface area contributed by atoms with E-state index in [1.54, 1.807) is 29.4 Å². The first kappa shape index (κ1) is 18.8. The minimum atomic E-state index is -0.288. The van der Waals surface area contributed by atoms with Crippen molar-refractivity contribution < 1.29 is 19.4 Å². The van der Waals surface area contributed by atoms with Crippen LogP contribution in [0, 0.1) is 11.3 Å². The molecule has 8 heteroatoms. The molecule has 0 saturated carbocycles. The Morgan fingerprint density at radius 2 is 2.27 bits per heavy atom. The number of aliphatic hydroxyl groups is 1. The van der Waals surface area contributed by atoms with Crippen LogP contribution in [0.4, 0.5) is 5.69 Å². The molecule has 0 bridgehead atoms. The Morgan fingerprint density at radius 1 is 1.42 bits per heavy atom. The first-order valence-corrected chi connectivity index (χ1v) is 8.86. The zero-order valence-electron chi connectivity index (χ0n) is 15.1. The summed E-state index contributed by atoms with van der Waals surface area (Å²) in [6, 6.07) is 3.58. The lowest BCUT2D eigenvalue weighted by Gasteiger charge is -2.27. The quantitative estimate of drug-likeness (QED) is 0.698. The average Bonchev–Trinajstić information content (AvgIpc) is 3.15. The third-order valence-electron chi connectivity index (χ3n) is 5.37. The summed E-state index contributed by atoms with van der Waals surface area (Å²) in [5.41, 5.74) is 0.401. The standard InChI is InChI=1S/C18H26N4O4/c1-26-10-17(25)22-9-14-8-21(11-18(14,12-22)13-23)6-4-16(24)20-15-3-2-5-19-7-15/h2-3,5,7,14,23H,4,6,8-13H2,1H3,(H,20,24). The van der Waals surface area contributed by atoms with Crippen molar-refractivity contribution in [2.24, 2.45) is 11.3 Å². The molecule has 3 rings (SSSR count). The molecule has 1 aromatic rings. The summed E-state index contributed by atoms with van der Waals surface area (Å²) in [5.74, 6) is 0.150. The topological polar surface area (TPSA) is 95.0 Å². The Hall–Kier alpha value is -2.03. The molecule has 0 aromatic carbocycles. The fourth-order valence-corrected chi connectivity index (χ4v) is 4.01. The Bertz CT molecular complexity index is 641. The monoisotopic (exact) mass is 362 g/mol. The zero-order valence-corrected chi connectivity index (χ0v) is 15.1. The van der Waals surface area contributed by atoms with Crippen LogP contribution in [0.3, 0.4) is 0 Å². The number of likely N-dealkylation sites (tertiary alicyclic amines) is 2. The summed E-state index contributed by atoms with van der Waals surface area (Å²) in [4.78, 5) is 32.1. The van der Waals surface area contributed by atoms with Gasteiger partial charge in [0.2, 0.25) is 11.8 Å². The van der Waals surface area contributed by atoms with Crippen LogP contribution in [-0.4, -0.2) is 84.8 Å². The molecule has 142 valence electrons. The lowest BCUT2D eigenvalue weighted by Crippen LogP contribution is -2.40. The molecular weight excluding hydrogens is 336 g/mol. The van der Waals surface area contributed by atoms with E-state index in [0.717, 1.165) is 6.54 Å². The van der Waals surface area contributed by atoms with E-state index in [2.05, 4.69) is 15.2 Å². The smallest absolute Gasteiger partial charge is 0.248 e. The Morgan fingerprint density at radius 3 is 2.92 bits per heavy atom. The number of nitrogens with one attached hydrogen (secondary N) is 1. The number of methoxy groups -OCH3 is 1. The molecule has 0 aliphatic carbocycles. The number of anilines is 1. The first-order chi connectivity index (χ1) is 12.6. The van der Waals surface area contributed by atoms with E-state index < -0.39 is 0 Å². The largest absolute Gasteiger partial charge is 0.396 e. The van der Waals surface area contributed by atoms with Crippen molar-refractivity contribution in [2.45, 2.75) is 6.42 Å². The van der Waals surface area contributed by atoms with Gasteiger partial charge in [-0.1, -0.05) is 0 Å². The number of fused-ring (bicyclic) bond motifs is 1. The fraction of sp³-hybridized carbons (Fsp3) is 0.611. The second-order valence-electron chi connectivity index (χ2n) is 7.20. The highest BCUT2D eigenvalue weighted by Crippen LogP contribution is 2.42. The summed E-state index contributed by atoms with van der Waals surface area (Å²) in [6.45, 7) is 3.44. The number of hydrogen-bond acceptors (Lipinski definition) is 6. The van der Waals surface area contributed by atoms with Crippen molar-refractivity contribution in [1.82, 2.24) is 14.8 Å². The molecule has 2 aliphatic rings. The number of ether oxygens (including phenoxy) is 1. The van der Waals surface area contributed by atoms with Crippen LogP contribution in [0.5, 0.6) is 0 Å². The van der Waals surface area contributed by atoms with Gasteiger partial charge in [0.25, 0.3) is 0 Å². The van der Waals surface area contributed by atoms with Crippen molar-refractivity contribution in [3.05, 3.63) is 24.5 Å². The highest BCUT2D eigenvalue weighted by atomic mass is 16.5. The van der Waals surface area contributed by atoms with Gasteiger partial charge in [-0.3, -0.25) is 14.6 Å². The molecule has 2 saturated heterocycles. The molecule has 2 fully saturated rings. The van der Waals surface area contributed by atoms with Crippen LogP contribution in [-0.2, 0) is 14.3 Å². The molecule has 1 aromatic heterocycles. The van der Waals surface area contributed by atoms with Crippen LogP contribution in [0.1, 0.15) is 6.42 Å². The lowest BCUT2D eigenvalue weighted by atomic mass is 9.82. The fourth-order valence-electron chi connectivity index (χ4n) is 4.01. The van der Waals surface area contributed by atoms with Crippen LogP contribution in [0.2, 0.25) is 0 Å². The van der Waals surface area contributed by atoms with Gasteiger partial charge in [0.05, 0.1) is 18.5 Å². The van der Waals surface area contributed by atoms with Gasteiger partial charge < -0.3 is 25.0 Å². The summed E-state index contributed by atoms with van der Waals surface area (Å²) >= 11 is 0. The van der Waals surface area contributed by atoms with Crippen LogP contribution in [0.15, 0.2) is 24.5 Å². The molecular formula is C18H26N4O4. The molecule has 2 aliphatic heterocycles. The van der Waals surface area contributed by atoms with Gasteiger partial charge in [0.15, 0.2) is 0 Å². The summed E-state index contributed by atoms with van der Waals surface area (Å²) in [5, 5.41) is 12.8. The second kappa shape index (κ2) is 8.11. The van der Waals surface area contributed by atoms with Gasteiger partial charge in [-0.05, 0) is 18.1 Å². The molecule has 0 spiro atoms. The highest BCUT2D eigenvalue weighted by Gasteiger charge is 2.52. The van der Waals surface area contributed by atoms with Gasteiger partial charge in [-0.2, -0.15) is 0 Å². The van der Waals surface area contributed by atoms with Gasteiger partial charge in [-0.15, -0.1) is 0 Å².